The zero-order chi connectivity index (χ0) is 18.0. The Balaban J connectivity index is 1.42. The van der Waals surface area contributed by atoms with Crippen LogP contribution < -0.4 is 0 Å². The van der Waals surface area contributed by atoms with E-state index >= 15 is 0 Å². The molecule has 25 heavy (non-hydrogen) atoms. The summed E-state index contributed by atoms with van der Waals surface area (Å²) >= 11 is 1.76. The highest BCUT2D eigenvalue weighted by Crippen LogP contribution is 2.58. The molecule has 0 fully saturated rings. The standard InChI is InChI=1S/C13H19NOS9Si/c1-15-25(2,3)10-6-9-16-19-21-23-24-22-20-18-13-14-11-7-4-5-8-12(11)17-13/h4-5,7-8H,6,9-10H2,1-3H3. The van der Waals surface area contributed by atoms with E-state index in [-0.39, 0.29) is 0 Å². The van der Waals surface area contributed by atoms with E-state index in [1.807, 2.05) is 63.3 Å². The molecule has 0 radical (unpaired) electrons. The van der Waals surface area contributed by atoms with Crippen LogP contribution in [0.3, 0.4) is 0 Å². The van der Waals surface area contributed by atoms with E-state index in [1.54, 1.807) is 41.8 Å². The fraction of sp³-hybridized carbons (Fsp3) is 0.462. The minimum atomic E-state index is -1.36. The van der Waals surface area contributed by atoms with Crippen LogP contribution in [0.4, 0.5) is 0 Å². The van der Waals surface area contributed by atoms with Crippen molar-refractivity contribution in [2.45, 2.75) is 29.9 Å². The minimum Gasteiger partial charge on any atom is -0.420 e. The molecule has 0 amide bonds. The highest BCUT2D eigenvalue weighted by molar-refractivity contribution is 9.48. The maximum atomic E-state index is 5.57. The molecule has 0 aliphatic heterocycles. The van der Waals surface area contributed by atoms with Gasteiger partial charge in [-0.2, -0.15) is 0 Å². The van der Waals surface area contributed by atoms with Crippen LogP contribution in [0.5, 0.6) is 0 Å². The molecule has 0 aliphatic carbocycles. The fourth-order valence-electron chi connectivity index (χ4n) is 1.69. The Morgan fingerprint density at radius 1 is 1.04 bits per heavy atom. The van der Waals surface area contributed by atoms with E-state index in [2.05, 4.69) is 36.3 Å². The van der Waals surface area contributed by atoms with Crippen LogP contribution in [-0.2, 0) is 4.43 Å². The van der Waals surface area contributed by atoms with E-state index < -0.39 is 8.32 Å². The first-order valence-corrected chi connectivity index (χ1v) is 21.6. The summed E-state index contributed by atoms with van der Waals surface area (Å²) in [6.07, 6.45) is 1.26. The summed E-state index contributed by atoms with van der Waals surface area (Å²) in [4.78, 5) is 4.62. The van der Waals surface area contributed by atoms with Crippen LogP contribution in [0.2, 0.25) is 19.1 Å². The van der Waals surface area contributed by atoms with Gasteiger partial charge in [0.25, 0.3) is 0 Å². The molecule has 0 aliphatic rings. The quantitative estimate of drug-likeness (QED) is 0.144. The van der Waals surface area contributed by atoms with Gasteiger partial charge in [-0.1, -0.05) is 22.9 Å². The number of para-hydroxylation sites is 1. The van der Waals surface area contributed by atoms with Crippen molar-refractivity contribution >= 4 is 110 Å². The Labute approximate surface area is 185 Å². The fourth-order valence-corrected chi connectivity index (χ4v) is 21.5. The Bertz CT molecular complexity index is 593. The molecule has 2 rings (SSSR count). The Hall–Kier alpha value is 2.09. The third kappa shape index (κ3) is 9.91. The number of hydrogen-bond acceptors (Lipinski definition) is 11. The normalized spacial score (nSPS) is 12.1. The highest BCUT2D eigenvalue weighted by atomic mass is 34.0. The second-order valence-corrected chi connectivity index (χ2v) is 24.1. The molecular formula is C13H19NOS9Si. The molecule has 0 N–H and O–H groups in total. The first kappa shape index (κ1) is 23.4. The maximum Gasteiger partial charge on any atom is 0.186 e. The minimum absolute atomic E-state index is 1.10. The molecule has 1 aromatic heterocycles. The Morgan fingerprint density at radius 3 is 2.52 bits per heavy atom. The van der Waals surface area contributed by atoms with Crippen LogP contribution in [-0.4, -0.2) is 26.2 Å². The molecule has 2 aromatic rings. The van der Waals surface area contributed by atoms with Gasteiger partial charge in [0.2, 0.25) is 0 Å². The van der Waals surface area contributed by atoms with E-state index in [4.69, 9.17) is 4.43 Å². The van der Waals surface area contributed by atoms with Crippen molar-refractivity contribution in [3.05, 3.63) is 24.3 Å². The first-order chi connectivity index (χ1) is 12.1. The monoisotopic (exact) mass is 521 g/mol. The molecule has 140 valence electrons. The predicted octanol–water partition coefficient (Wildman–Crippen LogP) is 9.17. The smallest absolute Gasteiger partial charge is 0.186 e. The number of hydrogen-bond donors (Lipinski definition) is 0. The SMILES string of the molecule is CO[Si](C)(C)CCCSSSSSSSSc1nc2ccccc2s1. The molecule has 1 heterocycles. The van der Waals surface area contributed by atoms with Crippen molar-refractivity contribution in [1.29, 1.82) is 0 Å². The van der Waals surface area contributed by atoms with Gasteiger partial charge in [0, 0.05) is 12.9 Å². The van der Waals surface area contributed by atoms with Gasteiger partial charge in [-0.25, -0.2) is 4.98 Å². The van der Waals surface area contributed by atoms with E-state index in [0.717, 1.165) is 9.86 Å². The summed E-state index contributed by atoms with van der Waals surface area (Å²) in [5, 5.41) is 0. The molecule has 0 saturated carbocycles. The van der Waals surface area contributed by atoms with Gasteiger partial charge in [0.15, 0.2) is 12.7 Å². The molecule has 0 atom stereocenters. The average Bonchev–Trinajstić information content (AvgIpc) is 3.02. The molecule has 0 saturated heterocycles. The second kappa shape index (κ2) is 13.3. The van der Waals surface area contributed by atoms with E-state index in [9.17, 15) is 0 Å². The molecule has 12 heteroatoms. The van der Waals surface area contributed by atoms with Crippen molar-refractivity contribution in [1.82, 2.24) is 4.98 Å². The van der Waals surface area contributed by atoms with Crippen LogP contribution in [0, 0.1) is 0 Å². The first-order valence-electron chi connectivity index (χ1n) is 7.31. The van der Waals surface area contributed by atoms with Gasteiger partial charge in [0.1, 0.15) is 0 Å². The van der Waals surface area contributed by atoms with E-state index in [1.165, 1.54) is 22.9 Å². The molecule has 0 spiro atoms. The number of nitrogens with zero attached hydrogens (tertiary/aromatic N) is 1. The number of rotatable bonds is 13. The third-order valence-corrected chi connectivity index (χ3v) is 22.3. The summed E-state index contributed by atoms with van der Waals surface area (Å²) in [5.74, 6) is 1.21. The largest absolute Gasteiger partial charge is 0.420 e. The van der Waals surface area contributed by atoms with Crippen molar-refractivity contribution in [3.63, 3.8) is 0 Å². The Morgan fingerprint density at radius 2 is 1.76 bits per heavy atom. The van der Waals surface area contributed by atoms with Gasteiger partial charge in [0.05, 0.1) is 10.2 Å². The summed E-state index contributed by atoms with van der Waals surface area (Å²) < 4.78 is 7.96. The number of benzene rings is 1. The number of thiazole rings is 1. The number of aromatic nitrogens is 1. The van der Waals surface area contributed by atoms with Crippen molar-refractivity contribution in [2.75, 3.05) is 12.9 Å². The van der Waals surface area contributed by atoms with Crippen molar-refractivity contribution in [2.24, 2.45) is 0 Å². The van der Waals surface area contributed by atoms with Gasteiger partial charge in [-0.3, -0.25) is 0 Å². The lowest BCUT2D eigenvalue weighted by molar-refractivity contribution is 0.403. The highest BCUT2D eigenvalue weighted by Gasteiger charge is 2.19. The lowest BCUT2D eigenvalue weighted by atomic mass is 10.3. The van der Waals surface area contributed by atoms with Gasteiger partial charge in [-0.15, -0.1) is 11.3 Å². The predicted molar refractivity (Wildman–Crippen MR) is 137 cm³/mol. The van der Waals surface area contributed by atoms with Crippen molar-refractivity contribution in [3.8, 4) is 0 Å². The topological polar surface area (TPSA) is 22.1 Å². The van der Waals surface area contributed by atoms with Gasteiger partial charge in [-0.05, 0) is 107 Å². The number of fused-ring (bicyclic) bond motifs is 1. The zero-order valence-corrected chi connectivity index (χ0v) is 22.3. The second-order valence-electron chi connectivity index (χ2n) is 5.33. The molecule has 0 unspecified atom stereocenters. The molecule has 2 nitrogen and oxygen atoms in total. The van der Waals surface area contributed by atoms with E-state index in [0.29, 0.717) is 0 Å². The zero-order valence-electron chi connectivity index (χ0n) is 14.0. The van der Waals surface area contributed by atoms with Crippen LogP contribution in [0.15, 0.2) is 28.6 Å². The summed E-state index contributed by atoms with van der Waals surface area (Å²) in [6.45, 7) is 4.57. The molecule has 1 aromatic carbocycles. The maximum absolute atomic E-state index is 5.57. The third-order valence-electron chi connectivity index (χ3n) is 3.13. The summed E-state index contributed by atoms with van der Waals surface area (Å²) in [7, 11) is 15.2. The summed E-state index contributed by atoms with van der Waals surface area (Å²) in [6, 6.07) is 9.56. The lowest BCUT2D eigenvalue weighted by Gasteiger charge is -2.19. The van der Waals surface area contributed by atoms with Gasteiger partial charge >= 0.3 is 0 Å². The van der Waals surface area contributed by atoms with Crippen LogP contribution in [0.1, 0.15) is 6.42 Å². The average molecular weight is 522 g/mol. The molecular weight excluding hydrogens is 503 g/mol. The van der Waals surface area contributed by atoms with Crippen LogP contribution in [0.25, 0.3) is 10.2 Å². The van der Waals surface area contributed by atoms with Gasteiger partial charge < -0.3 is 4.43 Å². The Kier molecular flexibility index (Phi) is 12.5. The molecule has 0 bridgehead atoms. The summed E-state index contributed by atoms with van der Waals surface area (Å²) in [5.41, 5.74) is 1.10. The van der Waals surface area contributed by atoms with Crippen molar-refractivity contribution < 1.29 is 4.43 Å². The van der Waals surface area contributed by atoms with Crippen LogP contribution >= 0.6 is 91.9 Å². The lowest BCUT2D eigenvalue weighted by Crippen LogP contribution is -2.28.